The maximum absolute atomic E-state index is 12.8. The minimum Gasteiger partial charge on any atom is -0.358 e. The predicted octanol–water partition coefficient (Wildman–Crippen LogP) is 5.14. The number of amides is 1. The highest BCUT2D eigenvalue weighted by atomic mass is 16.1. The van der Waals surface area contributed by atoms with Gasteiger partial charge in [-0.1, -0.05) is 74.9 Å². The second-order valence-corrected chi connectivity index (χ2v) is 8.40. The van der Waals surface area contributed by atoms with E-state index in [-0.39, 0.29) is 11.8 Å². The largest absolute Gasteiger partial charge is 0.358 e. The van der Waals surface area contributed by atoms with Crippen molar-refractivity contribution in [2.45, 2.75) is 58.0 Å². The summed E-state index contributed by atoms with van der Waals surface area (Å²) in [6.07, 6.45) is 3.88. The first kappa shape index (κ1) is 20.6. The molecule has 3 heteroatoms. The van der Waals surface area contributed by atoms with E-state index >= 15 is 0 Å². The maximum atomic E-state index is 12.8. The lowest BCUT2D eigenvalue weighted by molar-refractivity contribution is -0.121. The quantitative estimate of drug-likeness (QED) is 0.755. The van der Waals surface area contributed by atoms with Gasteiger partial charge in [0.15, 0.2) is 0 Å². The topological polar surface area (TPSA) is 32.3 Å². The van der Waals surface area contributed by atoms with Gasteiger partial charge in [0.1, 0.15) is 0 Å². The monoisotopic (exact) mass is 378 g/mol. The van der Waals surface area contributed by atoms with Crippen LogP contribution < -0.4 is 5.32 Å². The van der Waals surface area contributed by atoms with Gasteiger partial charge in [-0.25, -0.2) is 0 Å². The molecule has 0 radical (unpaired) electrons. The Morgan fingerprint density at radius 1 is 1.00 bits per heavy atom. The molecule has 0 aromatic heterocycles. The average molecular weight is 379 g/mol. The standard InChI is InChI=1S/C25H34N2O/c1-18(2)24(27-16-9-8-11-19(27)3)22-15-10-14-21(17-22)23(25(28)26-4)20-12-6-5-7-13-20/h5-7,10,12-15,17-19,23-24H,8-9,11,16H2,1-4H3,(H,26,28). The third kappa shape index (κ3) is 4.47. The molecule has 3 nitrogen and oxygen atoms in total. The zero-order chi connectivity index (χ0) is 20.1. The third-order valence-corrected chi connectivity index (χ3v) is 6.07. The van der Waals surface area contributed by atoms with Gasteiger partial charge >= 0.3 is 0 Å². The summed E-state index contributed by atoms with van der Waals surface area (Å²) in [4.78, 5) is 15.4. The zero-order valence-corrected chi connectivity index (χ0v) is 17.7. The Morgan fingerprint density at radius 3 is 2.32 bits per heavy atom. The number of likely N-dealkylation sites (tertiary alicyclic amines) is 1. The molecule has 1 N–H and O–H groups in total. The van der Waals surface area contributed by atoms with Crippen LogP contribution in [0.2, 0.25) is 0 Å². The maximum Gasteiger partial charge on any atom is 0.231 e. The number of hydrogen-bond donors (Lipinski definition) is 1. The lowest BCUT2D eigenvalue weighted by Crippen LogP contribution is -2.42. The van der Waals surface area contributed by atoms with Crippen LogP contribution in [0.15, 0.2) is 54.6 Å². The Bertz CT molecular complexity index is 771. The van der Waals surface area contributed by atoms with E-state index in [1.54, 1.807) is 7.05 Å². The van der Waals surface area contributed by atoms with Gasteiger partial charge in [-0.2, -0.15) is 0 Å². The van der Waals surface area contributed by atoms with Crippen LogP contribution >= 0.6 is 0 Å². The van der Waals surface area contributed by atoms with E-state index < -0.39 is 0 Å². The molecule has 0 spiro atoms. The first-order valence-electron chi connectivity index (χ1n) is 10.6. The summed E-state index contributed by atoms with van der Waals surface area (Å²) in [7, 11) is 1.72. The molecular formula is C25H34N2O. The number of carbonyl (C=O) groups excluding carboxylic acids is 1. The number of carbonyl (C=O) groups is 1. The average Bonchev–Trinajstić information content (AvgIpc) is 2.70. The SMILES string of the molecule is CNC(=O)C(c1ccccc1)c1cccc(C(C(C)C)N2CCCCC2C)c1. The van der Waals surface area contributed by atoms with E-state index in [1.165, 1.54) is 24.8 Å². The molecule has 3 atom stereocenters. The molecule has 28 heavy (non-hydrogen) atoms. The Kier molecular flexibility index (Phi) is 6.90. The van der Waals surface area contributed by atoms with Gasteiger partial charge in [-0.05, 0) is 48.9 Å². The van der Waals surface area contributed by atoms with Crippen LogP contribution in [0.4, 0.5) is 0 Å². The number of nitrogens with zero attached hydrogens (tertiary/aromatic N) is 1. The molecule has 2 aromatic rings. The first-order chi connectivity index (χ1) is 13.5. The van der Waals surface area contributed by atoms with E-state index in [1.807, 2.05) is 30.3 Å². The Labute approximate surface area is 170 Å². The highest BCUT2D eigenvalue weighted by molar-refractivity contribution is 5.86. The molecule has 0 aliphatic carbocycles. The molecule has 3 rings (SSSR count). The second kappa shape index (κ2) is 9.38. The Balaban J connectivity index is 2.00. The normalized spacial score (nSPS) is 20.0. The first-order valence-corrected chi connectivity index (χ1v) is 10.6. The molecule has 3 unspecified atom stereocenters. The lowest BCUT2D eigenvalue weighted by atomic mass is 9.85. The Hall–Kier alpha value is -2.13. The fourth-order valence-electron chi connectivity index (χ4n) is 4.70. The van der Waals surface area contributed by atoms with Crippen LogP contribution in [-0.4, -0.2) is 30.4 Å². The van der Waals surface area contributed by atoms with Gasteiger partial charge in [0.05, 0.1) is 5.92 Å². The molecule has 1 fully saturated rings. The summed E-state index contributed by atoms with van der Waals surface area (Å²) in [6, 6.07) is 19.8. The van der Waals surface area contributed by atoms with Crippen LogP contribution in [0.5, 0.6) is 0 Å². The van der Waals surface area contributed by atoms with Crippen molar-refractivity contribution in [3.05, 3.63) is 71.3 Å². The van der Waals surface area contributed by atoms with E-state index in [4.69, 9.17) is 0 Å². The molecule has 1 aliphatic heterocycles. The third-order valence-electron chi connectivity index (χ3n) is 6.07. The summed E-state index contributed by atoms with van der Waals surface area (Å²) in [6.45, 7) is 8.14. The van der Waals surface area contributed by atoms with Gasteiger partial charge in [0.2, 0.25) is 5.91 Å². The van der Waals surface area contributed by atoms with Gasteiger partial charge in [0, 0.05) is 19.1 Å². The summed E-state index contributed by atoms with van der Waals surface area (Å²) >= 11 is 0. The molecule has 2 aromatic carbocycles. The number of nitrogens with one attached hydrogen (secondary N) is 1. The predicted molar refractivity (Wildman–Crippen MR) is 116 cm³/mol. The summed E-state index contributed by atoms with van der Waals surface area (Å²) < 4.78 is 0. The van der Waals surface area contributed by atoms with Crippen molar-refractivity contribution < 1.29 is 4.79 Å². The highest BCUT2D eigenvalue weighted by Gasteiger charge is 2.30. The summed E-state index contributed by atoms with van der Waals surface area (Å²) in [5, 5.41) is 2.85. The molecule has 0 saturated carbocycles. The second-order valence-electron chi connectivity index (χ2n) is 8.40. The zero-order valence-electron chi connectivity index (χ0n) is 17.7. The number of hydrogen-bond acceptors (Lipinski definition) is 2. The van der Waals surface area contributed by atoms with Crippen molar-refractivity contribution in [1.29, 1.82) is 0 Å². The van der Waals surface area contributed by atoms with Crippen molar-refractivity contribution in [2.75, 3.05) is 13.6 Å². The summed E-state index contributed by atoms with van der Waals surface area (Å²) in [5.41, 5.74) is 3.43. The van der Waals surface area contributed by atoms with Crippen LogP contribution in [-0.2, 0) is 4.79 Å². The van der Waals surface area contributed by atoms with Gasteiger partial charge < -0.3 is 5.32 Å². The van der Waals surface area contributed by atoms with Crippen LogP contribution in [0, 0.1) is 5.92 Å². The number of piperidine rings is 1. The van der Waals surface area contributed by atoms with E-state index in [2.05, 4.69) is 55.3 Å². The van der Waals surface area contributed by atoms with Crippen molar-refractivity contribution >= 4 is 5.91 Å². The van der Waals surface area contributed by atoms with Gasteiger partial charge in [-0.3, -0.25) is 9.69 Å². The lowest BCUT2D eigenvalue weighted by Gasteiger charge is -2.42. The molecule has 150 valence electrons. The van der Waals surface area contributed by atoms with Crippen molar-refractivity contribution in [1.82, 2.24) is 10.2 Å². The number of benzene rings is 2. The van der Waals surface area contributed by atoms with Crippen LogP contribution in [0.25, 0.3) is 0 Å². The van der Waals surface area contributed by atoms with E-state index in [0.717, 1.165) is 17.7 Å². The molecule has 1 heterocycles. The fourth-order valence-corrected chi connectivity index (χ4v) is 4.70. The number of likely N-dealkylation sites (N-methyl/N-ethyl adjacent to an activating group) is 1. The number of rotatable bonds is 6. The van der Waals surface area contributed by atoms with Crippen LogP contribution in [0.1, 0.15) is 68.7 Å². The minimum atomic E-state index is -0.280. The van der Waals surface area contributed by atoms with Crippen molar-refractivity contribution in [3.63, 3.8) is 0 Å². The molecule has 1 aliphatic rings. The summed E-state index contributed by atoms with van der Waals surface area (Å²) in [5.74, 6) is 0.277. The minimum absolute atomic E-state index is 0.0378. The molecule has 1 saturated heterocycles. The molecular weight excluding hydrogens is 344 g/mol. The van der Waals surface area contributed by atoms with Gasteiger partial charge in [0.25, 0.3) is 0 Å². The Morgan fingerprint density at radius 2 is 1.68 bits per heavy atom. The molecule has 1 amide bonds. The van der Waals surface area contributed by atoms with Gasteiger partial charge in [-0.15, -0.1) is 0 Å². The van der Waals surface area contributed by atoms with Crippen molar-refractivity contribution in [3.8, 4) is 0 Å². The van der Waals surface area contributed by atoms with Crippen LogP contribution in [0.3, 0.4) is 0 Å². The molecule has 0 bridgehead atoms. The van der Waals surface area contributed by atoms with E-state index in [0.29, 0.717) is 18.0 Å². The fraction of sp³-hybridized carbons (Fsp3) is 0.480. The van der Waals surface area contributed by atoms with Crippen molar-refractivity contribution in [2.24, 2.45) is 5.92 Å². The highest BCUT2D eigenvalue weighted by Crippen LogP contribution is 2.36. The smallest absolute Gasteiger partial charge is 0.231 e. The van der Waals surface area contributed by atoms with E-state index in [9.17, 15) is 4.79 Å².